The van der Waals surface area contributed by atoms with Crippen molar-refractivity contribution in [3.8, 4) is 0 Å². The third-order valence-corrected chi connectivity index (χ3v) is 1.71. The Morgan fingerprint density at radius 1 is 1.09 bits per heavy atom. The van der Waals surface area contributed by atoms with E-state index in [0.717, 1.165) is 19.1 Å². The molecule has 0 atom stereocenters. The van der Waals surface area contributed by atoms with Crippen LogP contribution in [0.5, 0.6) is 0 Å². The topological polar surface area (TPSA) is 9.23 Å². The molecule has 0 fully saturated rings. The van der Waals surface area contributed by atoms with E-state index in [1.165, 1.54) is 25.7 Å². The molecule has 68 valence electrons. The third-order valence-electron chi connectivity index (χ3n) is 1.71. The van der Waals surface area contributed by atoms with E-state index >= 15 is 0 Å². The van der Waals surface area contributed by atoms with E-state index in [2.05, 4.69) is 20.8 Å². The first-order valence-electron chi connectivity index (χ1n) is 4.85. The van der Waals surface area contributed by atoms with Gasteiger partial charge in [0.25, 0.3) is 0 Å². The summed E-state index contributed by atoms with van der Waals surface area (Å²) in [6, 6.07) is 0. The van der Waals surface area contributed by atoms with Gasteiger partial charge in [0.15, 0.2) is 0 Å². The summed E-state index contributed by atoms with van der Waals surface area (Å²) in [5.41, 5.74) is 0. The molecule has 11 heavy (non-hydrogen) atoms. The molecule has 0 heterocycles. The summed E-state index contributed by atoms with van der Waals surface area (Å²) in [6.07, 6.45) is 4.97. The first-order chi connectivity index (χ1) is 5.27. The number of hydrogen-bond donors (Lipinski definition) is 0. The van der Waals surface area contributed by atoms with E-state index in [4.69, 9.17) is 4.74 Å². The van der Waals surface area contributed by atoms with Crippen LogP contribution in [0.25, 0.3) is 0 Å². The predicted octanol–water partition coefficient (Wildman–Crippen LogP) is 3.24. The van der Waals surface area contributed by atoms with Crippen LogP contribution in [0.2, 0.25) is 0 Å². The summed E-state index contributed by atoms with van der Waals surface area (Å²) < 4.78 is 5.42. The molecule has 0 spiro atoms. The van der Waals surface area contributed by atoms with Crippen molar-refractivity contribution in [3.05, 3.63) is 0 Å². The van der Waals surface area contributed by atoms with Crippen LogP contribution < -0.4 is 0 Å². The van der Waals surface area contributed by atoms with E-state index < -0.39 is 0 Å². The van der Waals surface area contributed by atoms with Crippen molar-refractivity contribution in [2.45, 2.75) is 46.5 Å². The Labute approximate surface area is 71.1 Å². The van der Waals surface area contributed by atoms with Crippen molar-refractivity contribution in [2.75, 3.05) is 13.2 Å². The second-order valence-corrected chi connectivity index (χ2v) is 3.50. The summed E-state index contributed by atoms with van der Waals surface area (Å²) in [6.45, 7) is 8.61. The summed E-state index contributed by atoms with van der Waals surface area (Å²) >= 11 is 0. The van der Waals surface area contributed by atoms with Gasteiger partial charge in [-0.05, 0) is 25.2 Å². The maximum atomic E-state index is 5.42. The lowest BCUT2D eigenvalue weighted by Gasteiger charge is -2.04. The Kier molecular flexibility index (Phi) is 8.03. The zero-order valence-electron chi connectivity index (χ0n) is 8.23. The second kappa shape index (κ2) is 8.06. The fraction of sp³-hybridized carbons (Fsp3) is 1.00. The first-order valence-corrected chi connectivity index (χ1v) is 4.85. The standard InChI is InChI=1S/C10H22O/c1-4-5-8-11-9-6-7-10(2)3/h10H,4-9H2,1-3H3. The van der Waals surface area contributed by atoms with E-state index in [1.54, 1.807) is 0 Å². The van der Waals surface area contributed by atoms with Crippen molar-refractivity contribution >= 4 is 0 Å². The molecular formula is C10H22O. The Morgan fingerprint density at radius 3 is 2.27 bits per heavy atom. The van der Waals surface area contributed by atoms with Crippen LogP contribution >= 0.6 is 0 Å². The van der Waals surface area contributed by atoms with Crippen molar-refractivity contribution in [2.24, 2.45) is 5.92 Å². The average molecular weight is 158 g/mol. The molecule has 0 unspecified atom stereocenters. The number of hydrogen-bond acceptors (Lipinski definition) is 1. The highest BCUT2D eigenvalue weighted by molar-refractivity contribution is 4.44. The molecule has 1 nitrogen and oxygen atoms in total. The van der Waals surface area contributed by atoms with Gasteiger partial charge in [-0.2, -0.15) is 0 Å². The summed E-state index contributed by atoms with van der Waals surface area (Å²) in [5.74, 6) is 0.824. The monoisotopic (exact) mass is 158 g/mol. The van der Waals surface area contributed by atoms with Gasteiger partial charge in [0.05, 0.1) is 0 Å². The Morgan fingerprint density at radius 2 is 1.73 bits per heavy atom. The summed E-state index contributed by atoms with van der Waals surface area (Å²) in [7, 11) is 0. The van der Waals surface area contributed by atoms with E-state index in [0.29, 0.717) is 0 Å². The molecule has 0 N–H and O–H groups in total. The molecular weight excluding hydrogens is 136 g/mol. The van der Waals surface area contributed by atoms with E-state index in [1.807, 2.05) is 0 Å². The average Bonchev–Trinajstić information content (AvgIpc) is 1.96. The van der Waals surface area contributed by atoms with Crippen LogP contribution in [0.15, 0.2) is 0 Å². The lowest BCUT2D eigenvalue weighted by Crippen LogP contribution is -1.98. The Hall–Kier alpha value is -0.0400. The molecule has 0 aliphatic heterocycles. The highest BCUT2D eigenvalue weighted by Crippen LogP contribution is 2.03. The maximum Gasteiger partial charge on any atom is 0.0466 e. The lowest BCUT2D eigenvalue weighted by atomic mass is 10.1. The van der Waals surface area contributed by atoms with E-state index in [9.17, 15) is 0 Å². The lowest BCUT2D eigenvalue weighted by molar-refractivity contribution is 0.125. The number of unbranched alkanes of at least 4 members (excludes halogenated alkanes) is 1. The third kappa shape index (κ3) is 9.96. The van der Waals surface area contributed by atoms with Crippen molar-refractivity contribution < 1.29 is 4.74 Å². The van der Waals surface area contributed by atoms with Crippen LogP contribution in [0.4, 0.5) is 0 Å². The predicted molar refractivity (Wildman–Crippen MR) is 49.8 cm³/mol. The minimum Gasteiger partial charge on any atom is -0.381 e. The normalized spacial score (nSPS) is 10.9. The minimum atomic E-state index is 0.824. The van der Waals surface area contributed by atoms with Crippen molar-refractivity contribution in [3.63, 3.8) is 0 Å². The molecule has 0 aromatic rings. The highest BCUT2D eigenvalue weighted by atomic mass is 16.5. The van der Waals surface area contributed by atoms with E-state index in [-0.39, 0.29) is 0 Å². The van der Waals surface area contributed by atoms with Gasteiger partial charge in [0.1, 0.15) is 0 Å². The van der Waals surface area contributed by atoms with Gasteiger partial charge in [-0.25, -0.2) is 0 Å². The van der Waals surface area contributed by atoms with Crippen molar-refractivity contribution in [1.29, 1.82) is 0 Å². The van der Waals surface area contributed by atoms with Crippen molar-refractivity contribution in [1.82, 2.24) is 0 Å². The molecule has 0 aromatic carbocycles. The summed E-state index contributed by atoms with van der Waals surface area (Å²) in [5, 5.41) is 0. The van der Waals surface area contributed by atoms with Gasteiger partial charge in [0, 0.05) is 13.2 Å². The van der Waals surface area contributed by atoms with Crippen LogP contribution in [-0.2, 0) is 4.74 Å². The fourth-order valence-electron chi connectivity index (χ4n) is 0.942. The van der Waals surface area contributed by atoms with Gasteiger partial charge >= 0.3 is 0 Å². The zero-order valence-corrected chi connectivity index (χ0v) is 8.23. The molecule has 0 radical (unpaired) electrons. The van der Waals surface area contributed by atoms with Gasteiger partial charge < -0.3 is 4.74 Å². The van der Waals surface area contributed by atoms with Crippen LogP contribution in [0.3, 0.4) is 0 Å². The zero-order chi connectivity index (χ0) is 8.53. The van der Waals surface area contributed by atoms with Crippen LogP contribution in [0, 0.1) is 5.92 Å². The number of rotatable bonds is 7. The molecule has 0 aromatic heterocycles. The molecule has 0 aliphatic carbocycles. The SMILES string of the molecule is CCCCOCCCC(C)C. The second-order valence-electron chi connectivity index (χ2n) is 3.50. The smallest absolute Gasteiger partial charge is 0.0466 e. The molecule has 0 bridgehead atoms. The van der Waals surface area contributed by atoms with Gasteiger partial charge in [-0.15, -0.1) is 0 Å². The fourth-order valence-corrected chi connectivity index (χ4v) is 0.942. The summed E-state index contributed by atoms with van der Waals surface area (Å²) in [4.78, 5) is 0. The molecule has 0 saturated carbocycles. The maximum absolute atomic E-state index is 5.42. The molecule has 0 aliphatic rings. The molecule has 0 amide bonds. The van der Waals surface area contributed by atoms with Crippen LogP contribution in [0.1, 0.15) is 46.5 Å². The largest absolute Gasteiger partial charge is 0.381 e. The van der Waals surface area contributed by atoms with Gasteiger partial charge in [-0.1, -0.05) is 27.2 Å². The molecule has 0 rings (SSSR count). The number of ether oxygens (including phenoxy) is 1. The first kappa shape index (κ1) is 11.0. The highest BCUT2D eigenvalue weighted by Gasteiger charge is 1.93. The van der Waals surface area contributed by atoms with Gasteiger partial charge in [-0.3, -0.25) is 0 Å². The quantitative estimate of drug-likeness (QED) is 0.517. The van der Waals surface area contributed by atoms with Crippen LogP contribution in [-0.4, -0.2) is 13.2 Å². The Balaban J connectivity index is 2.80. The minimum absolute atomic E-state index is 0.824. The molecule has 0 saturated heterocycles. The Bertz CT molecular complexity index is 69.3. The molecule has 1 heteroatoms. The van der Waals surface area contributed by atoms with Gasteiger partial charge in [0.2, 0.25) is 0 Å².